The summed E-state index contributed by atoms with van der Waals surface area (Å²) in [4.78, 5) is 48.9. The molecule has 0 bridgehead atoms. The molecule has 0 aliphatic heterocycles. The molecule has 0 aromatic heterocycles. The Hall–Kier alpha value is -3.92. The van der Waals surface area contributed by atoms with Crippen LogP contribution in [0, 0.1) is 0 Å². The number of ether oxygens (including phenoxy) is 1. The minimum absolute atomic E-state index is 0.0322. The average molecular weight is 586 g/mol. The normalized spacial score (nSPS) is 11.2. The summed E-state index contributed by atoms with van der Waals surface area (Å²) in [5, 5.41) is 17.8. The third-order valence-electron chi connectivity index (χ3n) is 6.24. The molecule has 0 spiro atoms. The number of nitrogens with one attached hydrogen (secondary N) is 1. The number of carbonyl (C=O) groups excluding carboxylic acids is 2. The molecule has 3 N–H and O–H groups in total. The van der Waals surface area contributed by atoms with Gasteiger partial charge in [-0.1, -0.05) is 58.0 Å². The first-order valence-electron chi connectivity index (χ1n) is 14.7. The Morgan fingerprint density at radius 3 is 1.74 bits per heavy atom. The Kier molecular flexibility index (Phi) is 18.0. The van der Waals surface area contributed by atoms with Crippen LogP contribution in [-0.4, -0.2) is 89.1 Å². The zero-order chi connectivity index (χ0) is 31.3. The highest BCUT2D eigenvalue weighted by molar-refractivity contribution is 6.27. The Labute approximate surface area is 249 Å². The van der Waals surface area contributed by atoms with Crippen LogP contribution >= 0.6 is 0 Å². The predicted molar refractivity (Wildman–Crippen MR) is 163 cm³/mol. The summed E-state index contributed by atoms with van der Waals surface area (Å²) >= 11 is 0. The van der Waals surface area contributed by atoms with Crippen LogP contribution in [-0.2, 0) is 20.8 Å². The smallest absolute Gasteiger partial charge is 0.414 e. The van der Waals surface area contributed by atoms with Crippen LogP contribution in [0.15, 0.2) is 54.6 Å². The van der Waals surface area contributed by atoms with Gasteiger partial charge in [-0.2, -0.15) is 0 Å². The quantitative estimate of drug-likeness (QED) is 0.233. The van der Waals surface area contributed by atoms with E-state index in [4.69, 9.17) is 24.5 Å². The number of benzene rings is 2. The van der Waals surface area contributed by atoms with Crippen LogP contribution < -0.4 is 10.1 Å². The van der Waals surface area contributed by atoms with Gasteiger partial charge >= 0.3 is 11.9 Å². The standard InChI is InChI=1S/C30H45N3O3.C2H2O4/c1-5-18-32(19-6-2)22-23-36-27-16-14-25(15-17-27)24-28(30(35)33(20-7-3)21-8-4)31-29(34)26-12-10-9-11-13-26;3-1(4)2(5)6/h9-17,28H,5-8,18-24H2,1-4H3,(H,31,34);(H,3,4)(H,5,6). The molecule has 0 aliphatic rings. The molecule has 0 saturated heterocycles. The number of hydrogen-bond donors (Lipinski definition) is 3. The Morgan fingerprint density at radius 2 is 1.26 bits per heavy atom. The van der Waals surface area contributed by atoms with Crippen molar-refractivity contribution in [2.75, 3.05) is 39.3 Å². The van der Waals surface area contributed by atoms with Crippen molar-refractivity contribution in [3.63, 3.8) is 0 Å². The maximum absolute atomic E-state index is 13.5. The van der Waals surface area contributed by atoms with E-state index in [1.165, 1.54) is 0 Å². The van der Waals surface area contributed by atoms with Gasteiger partial charge in [-0.05, 0) is 68.6 Å². The SMILES string of the molecule is CCCN(CCC)CCOc1ccc(CC(NC(=O)c2ccccc2)C(=O)N(CCC)CCC)cc1.O=C(O)C(=O)O. The van der Waals surface area contributed by atoms with E-state index in [-0.39, 0.29) is 11.8 Å². The second kappa shape index (κ2) is 20.9. The number of amides is 2. The number of carboxylic acid groups (broad SMARTS) is 2. The number of carbonyl (C=O) groups is 4. The zero-order valence-electron chi connectivity index (χ0n) is 25.4. The lowest BCUT2D eigenvalue weighted by Gasteiger charge is -2.27. The fourth-order valence-corrected chi connectivity index (χ4v) is 4.34. The number of nitrogens with zero attached hydrogens (tertiary/aromatic N) is 2. The second-order valence-electron chi connectivity index (χ2n) is 9.87. The molecule has 0 heterocycles. The van der Waals surface area contributed by atoms with Crippen molar-refractivity contribution in [3.8, 4) is 5.75 Å². The van der Waals surface area contributed by atoms with Gasteiger partial charge in [0.15, 0.2) is 0 Å². The van der Waals surface area contributed by atoms with Crippen LogP contribution in [0.2, 0.25) is 0 Å². The van der Waals surface area contributed by atoms with Crippen LogP contribution in [0.3, 0.4) is 0 Å². The minimum Gasteiger partial charge on any atom is -0.492 e. The van der Waals surface area contributed by atoms with E-state index in [2.05, 4.69) is 37.9 Å². The van der Waals surface area contributed by atoms with Crippen LogP contribution in [0.5, 0.6) is 5.75 Å². The molecule has 0 fully saturated rings. The zero-order valence-corrected chi connectivity index (χ0v) is 25.4. The molecule has 42 heavy (non-hydrogen) atoms. The summed E-state index contributed by atoms with van der Waals surface area (Å²) in [7, 11) is 0. The highest BCUT2D eigenvalue weighted by Crippen LogP contribution is 2.15. The van der Waals surface area contributed by atoms with Crippen LogP contribution in [0.25, 0.3) is 0 Å². The molecule has 232 valence electrons. The van der Waals surface area contributed by atoms with Crippen molar-refractivity contribution in [3.05, 3.63) is 65.7 Å². The molecule has 10 nitrogen and oxygen atoms in total. The van der Waals surface area contributed by atoms with Crippen molar-refractivity contribution in [1.29, 1.82) is 0 Å². The van der Waals surface area contributed by atoms with E-state index >= 15 is 0 Å². The maximum Gasteiger partial charge on any atom is 0.414 e. The monoisotopic (exact) mass is 585 g/mol. The first-order valence-corrected chi connectivity index (χ1v) is 14.7. The summed E-state index contributed by atoms with van der Waals surface area (Å²) in [5.74, 6) is -3.09. The van der Waals surface area contributed by atoms with Crippen LogP contribution in [0.4, 0.5) is 0 Å². The molecule has 2 rings (SSSR count). The van der Waals surface area contributed by atoms with Crippen molar-refractivity contribution in [2.45, 2.75) is 65.8 Å². The van der Waals surface area contributed by atoms with Crippen molar-refractivity contribution in [2.24, 2.45) is 0 Å². The van der Waals surface area contributed by atoms with Crippen molar-refractivity contribution >= 4 is 23.8 Å². The average Bonchev–Trinajstić information content (AvgIpc) is 2.98. The summed E-state index contributed by atoms with van der Waals surface area (Å²) in [6.07, 6.45) is 4.48. The molecule has 0 aliphatic carbocycles. The molecule has 10 heteroatoms. The van der Waals surface area contributed by atoms with E-state index in [1.54, 1.807) is 12.1 Å². The van der Waals surface area contributed by atoms with Crippen molar-refractivity contribution < 1.29 is 34.1 Å². The Balaban J connectivity index is 0.00000132. The topological polar surface area (TPSA) is 136 Å². The second-order valence-corrected chi connectivity index (χ2v) is 9.87. The molecule has 1 unspecified atom stereocenters. The van der Waals surface area contributed by atoms with Gasteiger partial charge in [0.25, 0.3) is 5.91 Å². The van der Waals surface area contributed by atoms with E-state index in [1.807, 2.05) is 47.4 Å². The van der Waals surface area contributed by atoms with Crippen molar-refractivity contribution in [1.82, 2.24) is 15.1 Å². The summed E-state index contributed by atoms with van der Waals surface area (Å²) in [6, 6.07) is 16.3. The highest BCUT2D eigenvalue weighted by atomic mass is 16.5. The summed E-state index contributed by atoms with van der Waals surface area (Å²) in [5.41, 5.74) is 1.54. The third kappa shape index (κ3) is 14.1. The molecular weight excluding hydrogens is 538 g/mol. The number of aliphatic carboxylic acids is 2. The maximum atomic E-state index is 13.5. The summed E-state index contributed by atoms with van der Waals surface area (Å²) in [6.45, 7) is 13.6. The van der Waals surface area contributed by atoms with Gasteiger partial charge in [0.2, 0.25) is 5.91 Å². The molecule has 0 saturated carbocycles. The Bertz CT molecular complexity index is 1050. The van der Waals surface area contributed by atoms with E-state index < -0.39 is 18.0 Å². The van der Waals surface area contributed by atoms with E-state index in [0.717, 1.165) is 56.6 Å². The van der Waals surface area contributed by atoms with Gasteiger partial charge in [-0.15, -0.1) is 0 Å². The molecule has 2 amide bonds. The van der Waals surface area contributed by atoms with Gasteiger partial charge in [0.05, 0.1) is 0 Å². The molecule has 1 atom stereocenters. The van der Waals surface area contributed by atoms with Gasteiger partial charge in [-0.3, -0.25) is 14.5 Å². The highest BCUT2D eigenvalue weighted by Gasteiger charge is 2.26. The number of rotatable bonds is 17. The molecule has 2 aromatic rings. The van der Waals surface area contributed by atoms with Gasteiger partial charge in [-0.25, -0.2) is 9.59 Å². The molecular formula is C32H47N3O7. The fraction of sp³-hybridized carbons (Fsp3) is 0.500. The summed E-state index contributed by atoms with van der Waals surface area (Å²) < 4.78 is 5.97. The molecule has 0 radical (unpaired) electrons. The minimum atomic E-state index is -1.82. The lowest BCUT2D eigenvalue weighted by atomic mass is 10.0. The third-order valence-corrected chi connectivity index (χ3v) is 6.24. The van der Waals surface area contributed by atoms with Gasteiger partial charge in [0, 0.05) is 31.6 Å². The lowest BCUT2D eigenvalue weighted by molar-refractivity contribution is -0.159. The largest absolute Gasteiger partial charge is 0.492 e. The Morgan fingerprint density at radius 1 is 0.738 bits per heavy atom. The fourth-order valence-electron chi connectivity index (χ4n) is 4.34. The number of hydrogen-bond acceptors (Lipinski definition) is 6. The van der Waals surface area contributed by atoms with E-state index in [9.17, 15) is 9.59 Å². The van der Waals surface area contributed by atoms with Gasteiger partial charge < -0.3 is 25.2 Å². The molecule has 2 aromatic carbocycles. The predicted octanol–water partition coefficient (Wildman–Crippen LogP) is 4.33. The van der Waals surface area contributed by atoms with Gasteiger partial charge in [0.1, 0.15) is 18.4 Å². The van der Waals surface area contributed by atoms with Crippen LogP contribution in [0.1, 0.15) is 69.3 Å². The lowest BCUT2D eigenvalue weighted by Crippen LogP contribution is -2.50. The number of carboxylic acids is 2. The first kappa shape index (κ1) is 36.1. The first-order chi connectivity index (χ1) is 20.2. The van der Waals surface area contributed by atoms with E-state index in [0.29, 0.717) is 31.7 Å².